The molecule has 1 N–H and O–H groups in total. The predicted molar refractivity (Wildman–Crippen MR) is 139 cm³/mol. The molecule has 262 valence electrons. The molecule has 0 aliphatic rings. The first-order valence-corrected chi connectivity index (χ1v) is 14.4. The number of hydrogen-bond donors (Lipinski definition) is 1. The molecule has 0 heterocycles. The first kappa shape index (κ1) is 43.6. The summed E-state index contributed by atoms with van der Waals surface area (Å²) in [6.07, 6.45) is -24.9. The SMILES string of the molecule is Cc1cc(C(F)(C(F)(F)F)C(F)(F)F)cc(C)c1C(=O)Cl.Cc1cc(C(F)(C(F)(F)F)C(F)(F)F)cc(C)c1C(=O)O.O=S(Cl)Cl. The third-order valence-corrected chi connectivity index (χ3v) is 6.02. The molecule has 2 aromatic rings. The molecule has 0 saturated heterocycles. The minimum absolute atomic E-state index is 0.247. The van der Waals surface area contributed by atoms with E-state index in [1.54, 1.807) is 0 Å². The Hall–Kier alpha value is -2.38. The van der Waals surface area contributed by atoms with E-state index in [4.69, 9.17) is 20.9 Å². The number of carboxylic acid groups (broad SMARTS) is 1. The summed E-state index contributed by atoms with van der Waals surface area (Å²) in [7, 11) is 7.36. The highest BCUT2D eigenvalue weighted by Crippen LogP contribution is 2.54. The van der Waals surface area contributed by atoms with Gasteiger partial charge in [-0.1, -0.05) is 24.3 Å². The number of carbonyl (C=O) groups is 2. The predicted octanol–water partition coefficient (Wildman–Crippen LogP) is 10.3. The fraction of sp³-hybridized carbons (Fsp3) is 0.417. The minimum Gasteiger partial charge on any atom is -0.478 e. The van der Waals surface area contributed by atoms with E-state index in [0.29, 0.717) is 12.1 Å². The molecule has 4 nitrogen and oxygen atoms in total. The van der Waals surface area contributed by atoms with Crippen LogP contribution in [-0.4, -0.2) is 45.2 Å². The summed E-state index contributed by atoms with van der Waals surface area (Å²) < 4.78 is 188. The van der Waals surface area contributed by atoms with E-state index < -0.39 is 84.3 Å². The van der Waals surface area contributed by atoms with Crippen molar-refractivity contribution in [3.63, 3.8) is 0 Å². The zero-order chi connectivity index (χ0) is 37.2. The maximum absolute atomic E-state index is 13.9. The Morgan fingerprint density at radius 2 is 0.761 bits per heavy atom. The second-order valence-electron chi connectivity index (χ2n) is 9.04. The minimum atomic E-state index is -6.23. The maximum Gasteiger partial charge on any atom is 0.435 e. The third-order valence-electron chi connectivity index (χ3n) is 5.83. The molecular weight excluding hydrogens is 757 g/mol. The molecule has 22 heteroatoms. The van der Waals surface area contributed by atoms with E-state index in [2.05, 4.69) is 21.4 Å². The number of aromatic carboxylic acids is 1. The molecular formula is C24H17Cl3F14O4S. The first-order chi connectivity index (χ1) is 20.2. The van der Waals surface area contributed by atoms with Crippen LogP contribution in [0.3, 0.4) is 0 Å². The smallest absolute Gasteiger partial charge is 0.435 e. The molecule has 46 heavy (non-hydrogen) atoms. The molecule has 0 unspecified atom stereocenters. The van der Waals surface area contributed by atoms with Gasteiger partial charge in [0.05, 0.1) is 5.56 Å². The monoisotopic (exact) mass is 772 g/mol. The standard InChI is InChI=1S/C12H8ClF7O.C12H9F7O2.Cl2OS/c1-5-3-7(4-6(2)8(5)9(13)21)10(14,11(15,16)17)12(18,19)20;1-5-3-7(4-6(2)8(5)9(20)21)10(13,11(14,15)16)12(17,18)19;1-4(2)3/h3-4H,1-2H3;3-4H,1-2H3,(H,20,21);. The second kappa shape index (κ2) is 14.8. The fourth-order valence-corrected chi connectivity index (χ4v) is 4.25. The highest BCUT2D eigenvalue weighted by molar-refractivity contribution is 8.26. The van der Waals surface area contributed by atoms with Crippen LogP contribution in [0.5, 0.6) is 0 Å². The van der Waals surface area contributed by atoms with Crippen LogP contribution in [0.25, 0.3) is 0 Å². The van der Waals surface area contributed by atoms with Crippen LogP contribution in [0.4, 0.5) is 61.5 Å². The molecule has 0 radical (unpaired) electrons. The highest BCUT2D eigenvalue weighted by Gasteiger charge is 2.74. The number of carboxylic acids is 1. The summed E-state index contributed by atoms with van der Waals surface area (Å²) in [6.45, 7) is 4.12. The van der Waals surface area contributed by atoms with Crippen LogP contribution >= 0.6 is 33.0 Å². The van der Waals surface area contributed by atoms with E-state index in [1.165, 1.54) is 0 Å². The molecule has 0 atom stereocenters. The van der Waals surface area contributed by atoms with Gasteiger partial charge in [-0.2, -0.15) is 52.7 Å². The van der Waals surface area contributed by atoms with Gasteiger partial charge in [0.1, 0.15) is 0 Å². The van der Waals surface area contributed by atoms with Crippen LogP contribution < -0.4 is 0 Å². The highest BCUT2D eigenvalue weighted by atomic mass is 36.0. The Bertz CT molecular complexity index is 1290. The van der Waals surface area contributed by atoms with Crippen LogP contribution in [0.15, 0.2) is 24.3 Å². The summed E-state index contributed by atoms with van der Waals surface area (Å²) in [6, 6.07) is 1.14. The molecule has 0 bridgehead atoms. The summed E-state index contributed by atoms with van der Waals surface area (Å²) in [5.74, 6) is -1.53. The first-order valence-electron chi connectivity index (χ1n) is 11.3. The fourth-order valence-electron chi connectivity index (χ4n) is 3.95. The Morgan fingerprint density at radius 3 is 0.913 bits per heavy atom. The van der Waals surface area contributed by atoms with Gasteiger partial charge < -0.3 is 5.11 Å². The summed E-state index contributed by atoms with van der Waals surface area (Å²) in [5.41, 5.74) is -16.5. The average molecular weight is 774 g/mol. The Kier molecular flexibility index (Phi) is 14.0. The molecule has 2 aromatic carbocycles. The number of hydrogen-bond acceptors (Lipinski definition) is 3. The summed E-state index contributed by atoms with van der Waals surface area (Å²) >= 11 is 5.18. The van der Waals surface area contributed by atoms with Gasteiger partial charge in [-0.05, 0) is 61.5 Å². The number of carbonyl (C=O) groups excluding carboxylic acids is 1. The molecule has 0 aromatic heterocycles. The lowest BCUT2D eigenvalue weighted by Crippen LogP contribution is -2.50. The molecule has 0 amide bonds. The van der Waals surface area contributed by atoms with E-state index in [9.17, 15) is 71.1 Å². The zero-order valence-corrected chi connectivity index (χ0v) is 25.9. The van der Waals surface area contributed by atoms with Gasteiger partial charge in [-0.3, -0.25) is 4.79 Å². The van der Waals surface area contributed by atoms with Crippen molar-refractivity contribution in [1.82, 2.24) is 0 Å². The van der Waals surface area contributed by atoms with Crippen LogP contribution in [-0.2, 0) is 20.6 Å². The number of rotatable bonds is 4. The van der Waals surface area contributed by atoms with E-state index >= 15 is 0 Å². The van der Waals surface area contributed by atoms with Crippen molar-refractivity contribution >= 4 is 53.4 Å². The molecule has 0 aliphatic heterocycles. The van der Waals surface area contributed by atoms with Gasteiger partial charge in [-0.25, -0.2) is 17.8 Å². The van der Waals surface area contributed by atoms with E-state index in [0.717, 1.165) is 27.7 Å². The van der Waals surface area contributed by atoms with Crippen LogP contribution in [0.1, 0.15) is 54.1 Å². The number of benzene rings is 2. The van der Waals surface area contributed by atoms with Gasteiger partial charge in [0.15, 0.2) is 0 Å². The van der Waals surface area contributed by atoms with E-state index in [1.807, 2.05) is 0 Å². The van der Waals surface area contributed by atoms with Crippen molar-refractivity contribution in [2.75, 3.05) is 0 Å². The average Bonchev–Trinajstić information content (AvgIpc) is 2.78. The molecule has 0 saturated carbocycles. The van der Waals surface area contributed by atoms with Crippen molar-refractivity contribution in [3.8, 4) is 0 Å². The van der Waals surface area contributed by atoms with Crippen molar-refractivity contribution in [2.24, 2.45) is 0 Å². The molecule has 0 aliphatic carbocycles. The van der Waals surface area contributed by atoms with Crippen molar-refractivity contribution < 1.29 is 80.4 Å². The third kappa shape index (κ3) is 9.37. The summed E-state index contributed by atoms with van der Waals surface area (Å²) in [4.78, 5) is 21.9. The Morgan fingerprint density at radius 1 is 0.565 bits per heavy atom. The van der Waals surface area contributed by atoms with Gasteiger partial charge in [0, 0.05) is 38.1 Å². The van der Waals surface area contributed by atoms with Crippen molar-refractivity contribution in [3.05, 3.63) is 68.8 Å². The maximum atomic E-state index is 13.9. The van der Waals surface area contributed by atoms with E-state index in [-0.39, 0.29) is 28.8 Å². The van der Waals surface area contributed by atoms with Crippen molar-refractivity contribution in [1.29, 1.82) is 0 Å². The molecule has 2 rings (SSSR count). The van der Waals surface area contributed by atoms with Gasteiger partial charge >= 0.3 is 42.0 Å². The Labute approximate surface area is 266 Å². The van der Waals surface area contributed by atoms with Gasteiger partial charge in [0.25, 0.3) is 5.24 Å². The number of aryl methyl sites for hydroxylation is 4. The van der Waals surface area contributed by atoms with Gasteiger partial charge in [-0.15, -0.1) is 0 Å². The topological polar surface area (TPSA) is 71.4 Å². The molecule has 0 fully saturated rings. The van der Waals surface area contributed by atoms with Crippen molar-refractivity contribution in [2.45, 2.75) is 63.7 Å². The van der Waals surface area contributed by atoms with Gasteiger partial charge in [0.2, 0.25) is 9.23 Å². The largest absolute Gasteiger partial charge is 0.478 e. The lowest BCUT2D eigenvalue weighted by Gasteiger charge is -2.31. The molecule has 0 spiro atoms. The summed E-state index contributed by atoms with van der Waals surface area (Å²) in [5, 5.41) is 7.77. The van der Waals surface area contributed by atoms with Crippen LogP contribution in [0, 0.1) is 27.7 Å². The second-order valence-corrected chi connectivity index (χ2v) is 11.9. The lowest BCUT2D eigenvalue weighted by atomic mass is 9.89. The Balaban J connectivity index is 0.000000788. The number of halogens is 17. The van der Waals surface area contributed by atoms with Crippen LogP contribution in [0.2, 0.25) is 0 Å². The lowest BCUT2D eigenvalue weighted by molar-refractivity contribution is -0.349. The normalized spacial score (nSPS) is 13.0. The quantitative estimate of drug-likeness (QED) is 0.248. The zero-order valence-electron chi connectivity index (χ0n) is 22.8. The number of alkyl halides is 14.